The first-order chi connectivity index (χ1) is 17.3. The van der Waals surface area contributed by atoms with Crippen molar-refractivity contribution < 1.29 is 23.9 Å². The molecule has 0 bridgehead atoms. The molecule has 36 heavy (non-hydrogen) atoms. The number of esters is 1. The molecule has 0 N–H and O–H groups in total. The van der Waals surface area contributed by atoms with Crippen LogP contribution >= 0.6 is 0 Å². The highest BCUT2D eigenvalue weighted by molar-refractivity contribution is 6.22. The van der Waals surface area contributed by atoms with E-state index in [0.29, 0.717) is 22.9 Å². The maximum absolute atomic E-state index is 13.1. The van der Waals surface area contributed by atoms with Crippen molar-refractivity contribution in [2.45, 2.75) is 52.9 Å². The molecule has 2 aromatic rings. The van der Waals surface area contributed by atoms with Crippen molar-refractivity contribution >= 4 is 35.1 Å². The third-order valence-electron chi connectivity index (χ3n) is 7.94. The van der Waals surface area contributed by atoms with Crippen LogP contribution in [0.2, 0.25) is 0 Å². The number of amides is 3. The van der Waals surface area contributed by atoms with Gasteiger partial charge in [0.15, 0.2) is 0 Å². The summed E-state index contributed by atoms with van der Waals surface area (Å²) >= 11 is 0. The van der Waals surface area contributed by atoms with Crippen molar-refractivity contribution in [3.05, 3.63) is 53.6 Å². The molecule has 0 spiro atoms. The van der Waals surface area contributed by atoms with Gasteiger partial charge in [-0.15, -0.1) is 0 Å². The molecule has 7 heteroatoms. The number of rotatable bonds is 5. The fourth-order valence-electron chi connectivity index (χ4n) is 5.94. The lowest BCUT2D eigenvalue weighted by Crippen LogP contribution is -2.31. The molecular weight excluding hydrogens is 456 g/mol. The summed E-state index contributed by atoms with van der Waals surface area (Å²) in [6.45, 7) is 6.25. The van der Waals surface area contributed by atoms with Crippen LogP contribution in [0.3, 0.4) is 0 Å². The van der Waals surface area contributed by atoms with Crippen molar-refractivity contribution in [1.29, 1.82) is 0 Å². The predicted octanol–water partition coefficient (Wildman–Crippen LogP) is 4.44. The monoisotopic (exact) mass is 488 g/mol. The van der Waals surface area contributed by atoms with Gasteiger partial charge in [-0.25, -0.2) is 4.90 Å². The van der Waals surface area contributed by atoms with Crippen molar-refractivity contribution in [1.82, 2.24) is 0 Å². The lowest BCUT2D eigenvalue weighted by molar-refractivity contribution is -0.139. The maximum atomic E-state index is 13.1. The molecule has 188 valence electrons. The second kappa shape index (κ2) is 9.52. The molecule has 1 saturated carbocycles. The lowest BCUT2D eigenvalue weighted by Gasteiger charge is -2.25. The van der Waals surface area contributed by atoms with Gasteiger partial charge in [0.05, 0.1) is 23.4 Å². The summed E-state index contributed by atoms with van der Waals surface area (Å²) in [6.07, 6.45) is 3.37. The van der Waals surface area contributed by atoms with Crippen LogP contribution in [0.15, 0.2) is 42.5 Å². The predicted molar refractivity (Wildman–Crippen MR) is 136 cm³/mol. The molecule has 0 unspecified atom stereocenters. The van der Waals surface area contributed by atoms with E-state index >= 15 is 0 Å². The molecule has 2 aromatic carbocycles. The Bertz CT molecular complexity index is 1240. The first-order valence-corrected chi connectivity index (χ1v) is 12.9. The number of benzene rings is 2. The highest BCUT2D eigenvalue weighted by atomic mass is 16.5. The van der Waals surface area contributed by atoms with Gasteiger partial charge in [-0.1, -0.05) is 32.0 Å². The number of imide groups is 1. The number of hydrogen-bond acceptors (Lipinski definition) is 5. The van der Waals surface area contributed by atoms with Crippen molar-refractivity contribution in [3.63, 3.8) is 0 Å². The number of carbonyl (C=O) groups excluding carboxylic acids is 4. The standard InChI is InChI=1S/C29H32N2O5/c1-4-19-7-5-6-8-25(19)30-16-20(15-26(30)32)29(35)36-21-10-12-24(18(3)14-21)31-27(33)22-11-9-17(2)13-23(22)28(31)34/h5-8,10,12,14,17,20,22-23H,4,9,11,13,15-16H2,1-3H3/t17-,20-,22-,23+/m1/s1. The van der Waals surface area contributed by atoms with Crippen molar-refractivity contribution in [3.8, 4) is 5.75 Å². The van der Waals surface area contributed by atoms with E-state index in [-0.39, 0.29) is 42.5 Å². The van der Waals surface area contributed by atoms with Gasteiger partial charge in [0.1, 0.15) is 5.75 Å². The van der Waals surface area contributed by atoms with E-state index in [0.717, 1.165) is 36.9 Å². The van der Waals surface area contributed by atoms with Gasteiger partial charge < -0.3 is 9.64 Å². The normalized spacial score (nSPS) is 25.9. The van der Waals surface area contributed by atoms with Crippen LogP contribution in [-0.2, 0) is 25.6 Å². The van der Waals surface area contributed by atoms with E-state index in [1.807, 2.05) is 31.2 Å². The quantitative estimate of drug-likeness (QED) is 0.353. The van der Waals surface area contributed by atoms with Crippen LogP contribution < -0.4 is 14.5 Å². The smallest absolute Gasteiger partial charge is 0.316 e. The van der Waals surface area contributed by atoms with E-state index in [2.05, 4.69) is 6.92 Å². The molecule has 4 atom stereocenters. The zero-order valence-corrected chi connectivity index (χ0v) is 21.0. The second-order valence-corrected chi connectivity index (χ2v) is 10.4. The number of aryl methyl sites for hydroxylation is 2. The molecule has 7 nitrogen and oxygen atoms in total. The van der Waals surface area contributed by atoms with Crippen LogP contribution in [0.1, 0.15) is 50.7 Å². The van der Waals surface area contributed by atoms with Crippen molar-refractivity contribution in [2.75, 3.05) is 16.3 Å². The molecular formula is C29H32N2O5. The minimum Gasteiger partial charge on any atom is -0.426 e. The van der Waals surface area contributed by atoms with E-state index < -0.39 is 11.9 Å². The fourth-order valence-corrected chi connectivity index (χ4v) is 5.94. The number of hydrogen-bond donors (Lipinski definition) is 0. The van der Waals surface area contributed by atoms with Crippen LogP contribution in [0, 0.1) is 30.6 Å². The summed E-state index contributed by atoms with van der Waals surface area (Å²) in [7, 11) is 0. The van der Waals surface area contributed by atoms with Gasteiger partial charge in [0.25, 0.3) is 0 Å². The first kappa shape index (κ1) is 24.2. The summed E-state index contributed by atoms with van der Waals surface area (Å²) in [5.74, 6) is -1.04. The van der Waals surface area contributed by atoms with Crippen LogP contribution in [0.4, 0.5) is 11.4 Å². The zero-order chi connectivity index (χ0) is 25.6. The Morgan fingerprint density at radius 2 is 1.75 bits per heavy atom. The SMILES string of the molecule is CCc1ccccc1N1C[C@H](C(=O)Oc2ccc(N3C(=O)[C@H]4C[C@H](C)CC[C@H]4C3=O)c(C)c2)CC1=O. The van der Waals surface area contributed by atoms with Gasteiger partial charge in [-0.3, -0.25) is 19.2 Å². The van der Waals surface area contributed by atoms with E-state index in [1.165, 1.54) is 4.90 Å². The highest BCUT2D eigenvalue weighted by Crippen LogP contribution is 2.43. The Kier molecular flexibility index (Phi) is 6.41. The van der Waals surface area contributed by atoms with Crippen LogP contribution in [0.25, 0.3) is 0 Å². The van der Waals surface area contributed by atoms with Gasteiger partial charge in [-0.2, -0.15) is 0 Å². The largest absolute Gasteiger partial charge is 0.426 e. The van der Waals surface area contributed by atoms with Gasteiger partial charge in [0, 0.05) is 18.7 Å². The van der Waals surface area contributed by atoms with Gasteiger partial charge in [-0.05, 0) is 73.9 Å². The molecule has 3 amide bonds. The average molecular weight is 489 g/mol. The summed E-state index contributed by atoms with van der Waals surface area (Å²) in [5, 5.41) is 0. The van der Waals surface area contributed by atoms with Crippen LogP contribution in [0.5, 0.6) is 5.75 Å². The number of fused-ring (bicyclic) bond motifs is 1. The molecule has 5 rings (SSSR count). The molecule has 2 aliphatic heterocycles. The van der Waals surface area contributed by atoms with E-state index in [1.54, 1.807) is 30.0 Å². The molecule has 0 aromatic heterocycles. The molecule has 3 aliphatic rings. The van der Waals surface area contributed by atoms with Crippen LogP contribution in [-0.4, -0.2) is 30.2 Å². The summed E-state index contributed by atoms with van der Waals surface area (Å²) in [5.41, 5.74) is 3.14. The molecule has 1 aliphatic carbocycles. The zero-order valence-electron chi connectivity index (χ0n) is 21.0. The van der Waals surface area contributed by atoms with E-state index in [4.69, 9.17) is 4.74 Å². The molecule has 0 radical (unpaired) electrons. The molecule has 2 heterocycles. The summed E-state index contributed by atoms with van der Waals surface area (Å²) in [6, 6.07) is 12.7. The summed E-state index contributed by atoms with van der Waals surface area (Å²) in [4.78, 5) is 54.8. The van der Waals surface area contributed by atoms with Gasteiger partial charge >= 0.3 is 5.97 Å². The number of carbonyl (C=O) groups is 4. The Morgan fingerprint density at radius 1 is 1.00 bits per heavy atom. The first-order valence-electron chi connectivity index (χ1n) is 12.9. The number of ether oxygens (including phenoxy) is 1. The van der Waals surface area contributed by atoms with E-state index in [9.17, 15) is 19.2 Å². The number of para-hydroxylation sites is 1. The topological polar surface area (TPSA) is 84.0 Å². The third-order valence-corrected chi connectivity index (χ3v) is 7.94. The lowest BCUT2D eigenvalue weighted by atomic mass is 9.76. The Labute approximate surface area is 211 Å². The molecule has 3 fully saturated rings. The number of anilines is 2. The fraction of sp³-hybridized carbons (Fsp3) is 0.448. The number of nitrogens with zero attached hydrogens (tertiary/aromatic N) is 2. The Hall–Kier alpha value is -3.48. The highest BCUT2D eigenvalue weighted by Gasteiger charge is 2.50. The minimum absolute atomic E-state index is 0.0915. The summed E-state index contributed by atoms with van der Waals surface area (Å²) < 4.78 is 5.64. The Balaban J connectivity index is 1.28. The Morgan fingerprint density at radius 3 is 2.50 bits per heavy atom. The van der Waals surface area contributed by atoms with Gasteiger partial charge in [0.2, 0.25) is 17.7 Å². The second-order valence-electron chi connectivity index (χ2n) is 10.4. The average Bonchev–Trinajstić information content (AvgIpc) is 3.36. The maximum Gasteiger partial charge on any atom is 0.316 e. The molecule has 2 saturated heterocycles. The third kappa shape index (κ3) is 4.21. The van der Waals surface area contributed by atoms with Crippen molar-refractivity contribution in [2.24, 2.45) is 23.7 Å². The minimum atomic E-state index is -0.561.